The molecule has 1 aromatic heterocycles. The maximum atomic E-state index is 11.5. The lowest BCUT2D eigenvalue weighted by Gasteiger charge is -1.99. The lowest BCUT2D eigenvalue weighted by molar-refractivity contribution is 0.0986. The van der Waals surface area contributed by atoms with E-state index in [1.54, 1.807) is 0 Å². The molecule has 1 unspecified atom stereocenters. The smallest absolute Gasteiger partial charge is 0.200 e. The molecule has 1 saturated heterocycles. The molecular formula is C8H6Cl2N2O. The van der Waals surface area contributed by atoms with Crippen LogP contribution in [0.4, 0.5) is 0 Å². The Bertz CT molecular complexity index is 363. The predicted octanol–water partition coefficient (Wildman–Crippen LogP) is 1.54. The van der Waals surface area contributed by atoms with Crippen molar-refractivity contribution >= 4 is 29.0 Å². The molecule has 1 aromatic rings. The zero-order chi connectivity index (χ0) is 9.42. The van der Waals surface area contributed by atoms with Crippen LogP contribution in [-0.4, -0.2) is 23.4 Å². The number of ketones is 1. The molecule has 68 valence electrons. The molecule has 0 bridgehead atoms. The maximum Gasteiger partial charge on any atom is 0.200 e. The Hall–Kier alpha value is -0.640. The molecule has 1 aliphatic heterocycles. The van der Waals surface area contributed by atoms with Crippen LogP contribution in [0.2, 0.25) is 10.0 Å². The summed E-state index contributed by atoms with van der Waals surface area (Å²) in [7, 11) is 0. The number of Topliss-reactive ketones (excluding diaryl/α,β-unsaturated/α-hetero) is 1. The average molecular weight is 217 g/mol. The van der Waals surface area contributed by atoms with Crippen molar-refractivity contribution in [2.75, 3.05) is 6.54 Å². The molecule has 0 spiro atoms. The highest BCUT2D eigenvalue weighted by Crippen LogP contribution is 2.20. The first-order valence-electron chi connectivity index (χ1n) is 3.77. The monoisotopic (exact) mass is 216 g/mol. The van der Waals surface area contributed by atoms with E-state index in [4.69, 9.17) is 23.2 Å². The Labute approximate surface area is 85.1 Å². The Morgan fingerprint density at radius 1 is 1.62 bits per heavy atom. The zero-order valence-electron chi connectivity index (χ0n) is 6.55. The topological polar surface area (TPSA) is 51.9 Å². The second-order valence-electron chi connectivity index (χ2n) is 2.81. The first-order chi connectivity index (χ1) is 6.18. The number of nitrogens with one attached hydrogen (secondary N) is 1. The van der Waals surface area contributed by atoms with Gasteiger partial charge in [-0.05, 0) is 6.07 Å². The molecule has 0 saturated carbocycles. The van der Waals surface area contributed by atoms with Gasteiger partial charge in [0.25, 0.3) is 0 Å². The van der Waals surface area contributed by atoms with Crippen LogP contribution >= 0.6 is 23.2 Å². The van der Waals surface area contributed by atoms with E-state index in [1.165, 1.54) is 12.3 Å². The summed E-state index contributed by atoms with van der Waals surface area (Å²) in [6.07, 6.45) is 1.42. The maximum absolute atomic E-state index is 11.5. The van der Waals surface area contributed by atoms with E-state index in [9.17, 15) is 4.79 Å². The van der Waals surface area contributed by atoms with Crippen molar-refractivity contribution in [3.8, 4) is 0 Å². The fourth-order valence-corrected chi connectivity index (χ4v) is 1.48. The quantitative estimate of drug-likeness (QED) is 0.603. The van der Waals surface area contributed by atoms with Crippen LogP contribution < -0.4 is 5.32 Å². The van der Waals surface area contributed by atoms with Crippen molar-refractivity contribution in [2.24, 2.45) is 0 Å². The van der Waals surface area contributed by atoms with Gasteiger partial charge >= 0.3 is 0 Å². The van der Waals surface area contributed by atoms with E-state index in [-0.39, 0.29) is 11.8 Å². The third kappa shape index (κ3) is 1.82. The van der Waals surface area contributed by atoms with E-state index >= 15 is 0 Å². The van der Waals surface area contributed by atoms with Gasteiger partial charge in [-0.2, -0.15) is 0 Å². The molecular weight excluding hydrogens is 211 g/mol. The number of carbonyl (C=O) groups excluding carboxylic acids is 1. The van der Waals surface area contributed by atoms with Gasteiger partial charge in [-0.25, -0.2) is 4.98 Å². The van der Waals surface area contributed by atoms with Crippen molar-refractivity contribution in [2.45, 2.75) is 6.04 Å². The van der Waals surface area contributed by atoms with Crippen LogP contribution in [0, 0.1) is 0 Å². The van der Waals surface area contributed by atoms with Crippen LogP contribution in [-0.2, 0) is 0 Å². The third-order valence-electron chi connectivity index (χ3n) is 1.77. The van der Waals surface area contributed by atoms with Gasteiger partial charge < -0.3 is 5.32 Å². The summed E-state index contributed by atoms with van der Waals surface area (Å²) in [5.41, 5.74) is 0.293. The minimum atomic E-state index is -0.105. The van der Waals surface area contributed by atoms with E-state index in [0.717, 1.165) is 0 Å². The average Bonchev–Trinajstić information content (AvgIpc) is 2.85. The zero-order valence-corrected chi connectivity index (χ0v) is 8.06. The molecule has 0 amide bonds. The third-order valence-corrected chi connectivity index (χ3v) is 2.26. The summed E-state index contributed by atoms with van der Waals surface area (Å²) >= 11 is 11.4. The summed E-state index contributed by atoms with van der Waals surface area (Å²) in [4.78, 5) is 15.4. The fourth-order valence-electron chi connectivity index (χ4n) is 1.01. The van der Waals surface area contributed by atoms with Gasteiger partial charge in [0.15, 0.2) is 0 Å². The van der Waals surface area contributed by atoms with Gasteiger partial charge in [0.1, 0.15) is 5.69 Å². The molecule has 5 heteroatoms. The summed E-state index contributed by atoms with van der Waals surface area (Å²) in [5, 5.41) is 3.64. The Morgan fingerprint density at radius 3 is 2.85 bits per heavy atom. The molecule has 2 rings (SSSR count). The second kappa shape index (κ2) is 3.25. The summed E-state index contributed by atoms with van der Waals surface area (Å²) in [6, 6.07) is 1.41. The highest BCUT2D eigenvalue weighted by atomic mass is 35.5. The van der Waals surface area contributed by atoms with E-state index < -0.39 is 0 Å². The molecule has 1 fully saturated rings. The van der Waals surface area contributed by atoms with Gasteiger partial charge in [0, 0.05) is 12.7 Å². The van der Waals surface area contributed by atoms with Gasteiger partial charge in [0.2, 0.25) is 5.78 Å². The number of hydrogen-bond donors (Lipinski definition) is 1. The molecule has 3 nitrogen and oxygen atoms in total. The molecule has 0 radical (unpaired) electrons. The largest absolute Gasteiger partial charge is 0.304 e. The lowest BCUT2D eigenvalue weighted by atomic mass is 10.2. The van der Waals surface area contributed by atoms with Crippen molar-refractivity contribution in [3.05, 3.63) is 28.0 Å². The standard InChI is InChI=1S/C8H6Cl2N2O/c9-4-1-5(10)7(12-2-4)8(13)6-3-11-6/h1-2,6,11H,3H2. The molecule has 1 N–H and O–H groups in total. The molecule has 0 aliphatic carbocycles. The number of pyridine rings is 1. The highest BCUT2D eigenvalue weighted by Gasteiger charge is 2.31. The Morgan fingerprint density at radius 2 is 2.31 bits per heavy atom. The van der Waals surface area contributed by atoms with E-state index in [1.807, 2.05) is 0 Å². The lowest BCUT2D eigenvalue weighted by Crippen LogP contribution is -2.12. The number of nitrogens with zero attached hydrogens (tertiary/aromatic N) is 1. The normalized spacial score (nSPS) is 20.0. The minimum Gasteiger partial charge on any atom is -0.304 e. The van der Waals surface area contributed by atoms with Gasteiger partial charge in [-0.1, -0.05) is 23.2 Å². The van der Waals surface area contributed by atoms with Crippen LogP contribution in [0.3, 0.4) is 0 Å². The molecule has 13 heavy (non-hydrogen) atoms. The van der Waals surface area contributed by atoms with Gasteiger partial charge in [0.05, 0.1) is 16.1 Å². The number of carbonyl (C=O) groups is 1. The van der Waals surface area contributed by atoms with Crippen LogP contribution in [0.5, 0.6) is 0 Å². The summed E-state index contributed by atoms with van der Waals surface area (Å²) in [6.45, 7) is 0.708. The van der Waals surface area contributed by atoms with Crippen molar-refractivity contribution in [1.82, 2.24) is 10.3 Å². The van der Waals surface area contributed by atoms with Crippen LogP contribution in [0.25, 0.3) is 0 Å². The highest BCUT2D eigenvalue weighted by molar-refractivity contribution is 6.36. The summed E-state index contributed by atoms with van der Waals surface area (Å²) < 4.78 is 0. The first kappa shape index (κ1) is 8.94. The number of hydrogen-bond acceptors (Lipinski definition) is 3. The molecule has 0 aromatic carbocycles. The first-order valence-corrected chi connectivity index (χ1v) is 4.53. The number of rotatable bonds is 2. The SMILES string of the molecule is O=C(c1ncc(Cl)cc1Cl)C1CN1. The van der Waals surface area contributed by atoms with Crippen LogP contribution in [0.1, 0.15) is 10.5 Å². The number of aromatic nitrogens is 1. The van der Waals surface area contributed by atoms with Crippen molar-refractivity contribution < 1.29 is 4.79 Å². The molecule has 1 atom stereocenters. The van der Waals surface area contributed by atoms with Crippen LogP contribution in [0.15, 0.2) is 12.3 Å². The molecule has 1 aliphatic rings. The van der Waals surface area contributed by atoms with Gasteiger partial charge in [-0.3, -0.25) is 4.79 Å². The second-order valence-corrected chi connectivity index (χ2v) is 3.65. The molecule has 2 heterocycles. The minimum absolute atomic E-state index is 0.0679. The van der Waals surface area contributed by atoms with Gasteiger partial charge in [-0.15, -0.1) is 0 Å². The van der Waals surface area contributed by atoms with E-state index in [2.05, 4.69) is 10.3 Å². The fraction of sp³-hybridized carbons (Fsp3) is 0.250. The Balaban J connectivity index is 2.33. The Kier molecular flexibility index (Phi) is 2.24. The number of halogens is 2. The predicted molar refractivity (Wildman–Crippen MR) is 50.4 cm³/mol. The van der Waals surface area contributed by atoms with Crippen molar-refractivity contribution in [3.63, 3.8) is 0 Å². The van der Waals surface area contributed by atoms with E-state index in [0.29, 0.717) is 22.3 Å². The van der Waals surface area contributed by atoms with Crippen molar-refractivity contribution in [1.29, 1.82) is 0 Å². The summed E-state index contributed by atoms with van der Waals surface area (Å²) in [5.74, 6) is -0.0679.